The number of hydrogen-bond acceptors (Lipinski definition) is 3. The number of carboxylic acid groups (broad SMARTS) is 1. The van der Waals surface area contributed by atoms with E-state index in [2.05, 4.69) is 6.92 Å². The number of rotatable bonds is 10. The van der Waals surface area contributed by atoms with Gasteiger partial charge in [0.15, 0.2) is 0 Å². The van der Waals surface area contributed by atoms with Gasteiger partial charge in [0.2, 0.25) is 5.91 Å². The molecular formula is C14H26NNaO3. The van der Waals surface area contributed by atoms with Crippen molar-refractivity contribution in [1.82, 2.24) is 4.90 Å². The molecule has 1 atom stereocenters. The summed E-state index contributed by atoms with van der Waals surface area (Å²) in [5.74, 6) is -1.31. The van der Waals surface area contributed by atoms with Gasteiger partial charge < -0.3 is 14.8 Å². The smallest absolute Gasteiger partial charge is 0.548 e. The molecule has 0 aromatic carbocycles. The van der Waals surface area contributed by atoms with E-state index in [4.69, 9.17) is 0 Å². The summed E-state index contributed by atoms with van der Waals surface area (Å²) in [7, 11) is 1.52. The molecule has 4 nitrogen and oxygen atoms in total. The van der Waals surface area contributed by atoms with Crippen molar-refractivity contribution in [3.63, 3.8) is 0 Å². The SMILES string of the molecule is CCCCCCCCCC(=O)N(C)[C@@H](C)C(=O)[O-].[Na+]. The Balaban J connectivity index is 0. The van der Waals surface area contributed by atoms with Crippen molar-refractivity contribution in [3.8, 4) is 0 Å². The second kappa shape index (κ2) is 12.9. The van der Waals surface area contributed by atoms with Crippen LogP contribution >= 0.6 is 0 Å². The standard InChI is InChI=1S/C14H27NO3.Na/c1-4-5-6-7-8-9-10-11-13(16)15(3)12(2)14(17)18;/h12H,4-11H2,1-3H3,(H,17,18);/q;+1/p-1/t12-;/m0./s1. The molecule has 0 aliphatic heterocycles. The summed E-state index contributed by atoms with van der Waals surface area (Å²) in [4.78, 5) is 23.5. The zero-order valence-corrected chi connectivity index (χ0v) is 14.9. The Hall–Kier alpha value is -0.0600. The summed E-state index contributed by atoms with van der Waals surface area (Å²) in [6, 6.07) is -0.845. The number of likely N-dealkylation sites (N-methyl/N-ethyl adjacent to an activating group) is 1. The van der Waals surface area contributed by atoms with Crippen molar-refractivity contribution < 1.29 is 44.3 Å². The maximum atomic E-state index is 11.7. The molecule has 5 heteroatoms. The molecule has 0 unspecified atom stereocenters. The number of unbranched alkanes of at least 4 members (excludes halogenated alkanes) is 6. The van der Waals surface area contributed by atoms with E-state index in [1.807, 2.05) is 0 Å². The van der Waals surface area contributed by atoms with Gasteiger partial charge in [-0.3, -0.25) is 4.79 Å². The van der Waals surface area contributed by atoms with Crippen LogP contribution in [0.3, 0.4) is 0 Å². The van der Waals surface area contributed by atoms with E-state index in [9.17, 15) is 14.7 Å². The Morgan fingerprint density at radius 1 is 1.05 bits per heavy atom. The Morgan fingerprint density at radius 2 is 1.53 bits per heavy atom. The predicted octanol–water partition coefficient (Wildman–Crippen LogP) is -1.27. The summed E-state index contributed by atoms with van der Waals surface area (Å²) in [6.07, 6.45) is 8.50. The summed E-state index contributed by atoms with van der Waals surface area (Å²) >= 11 is 0. The van der Waals surface area contributed by atoms with Gasteiger partial charge in [-0.2, -0.15) is 0 Å². The van der Waals surface area contributed by atoms with E-state index < -0.39 is 12.0 Å². The molecule has 0 bridgehead atoms. The van der Waals surface area contributed by atoms with Gasteiger partial charge in [-0.1, -0.05) is 45.4 Å². The molecule has 0 aliphatic rings. The minimum absolute atomic E-state index is 0. The average molecular weight is 279 g/mol. The summed E-state index contributed by atoms with van der Waals surface area (Å²) in [6.45, 7) is 3.66. The first-order valence-corrected chi connectivity index (χ1v) is 6.97. The number of carbonyl (C=O) groups excluding carboxylic acids is 2. The van der Waals surface area contributed by atoms with Crippen LogP contribution < -0.4 is 34.7 Å². The molecule has 0 saturated carbocycles. The van der Waals surface area contributed by atoms with Gasteiger partial charge >= 0.3 is 29.6 Å². The number of carboxylic acids is 1. The normalized spacial score (nSPS) is 11.5. The van der Waals surface area contributed by atoms with Gasteiger partial charge in [0.1, 0.15) is 0 Å². The number of carbonyl (C=O) groups is 2. The van der Waals surface area contributed by atoms with Crippen LogP contribution in [0.15, 0.2) is 0 Å². The van der Waals surface area contributed by atoms with E-state index in [-0.39, 0.29) is 35.5 Å². The monoisotopic (exact) mass is 279 g/mol. The number of amides is 1. The van der Waals surface area contributed by atoms with Crippen LogP contribution in [0.2, 0.25) is 0 Å². The average Bonchev–Trinajstić information content (AvgIpc) is 2.35. The molecule has 0 saturated heterocycles. The maximum Gasteiger partial charge on any atom is 1.00 e. The fraction of sp³-hybridized carbons (Fsp3) is 0.857. The largest absolute Gasteiger partial charge is 1.00 e. The van der Waals surface area contributed by atoms with Gasteiger partial charge in [-0.15, -0.1) is 0 Å². The number of nitrogens with zero attached hydrogens (tertiary/aromatic N) is 1. The Labute approximate surface area is 139 Å². The summed E-state index contributed by atoms with van der Waals surface area (Å²) < 4.78 is 0. The van der Waals surface area contributed by atoms with Gasteiger partial charge in [0.05, 0.1) is 12.0 Å². The molecule has 0 aromatic rings. The first kappa shape index (κ1) is 21.2. The molecule has 0 fully saturated rings. The first-order valence-electron chi connectivity index (χ1n) is 6.97. The summed E-state index contributed by atoms with van der Waals surface area (Å²) in [5, 5.41) is 10.6. The van der Waals surface area contributed by atoms with E-state index in [0.29, 0.717) is 6.42 Å². The fourth-order valence-electron chi connectivity index (χ4n) is 1.78. The summed E-state index contributed by atoms with van der Waals surface area (Å²) in [5.41, 5.74) is 0. The molecule has 0 N–H and O–H groups in total. The van der Waals surface area contributed by atoms with Crippen molar-refractivity contribution >= 4 is 11.9 Å². The van der Waals surface area contributed by atoms with Crippen LogP contribution in [0, 0.1) is 0 Å². The third-order valence-corrected chi connectivity index (χ3v) is 3.31. The van der Waals surface area contributed by atoms with Crippen LogP contribution in [0.1, 0.15) is 65.2 Å². The van der Waals surface area contributed by atoms with Crippen molar-refractivity contribution in [2.75, 3.05) is 7.05 Å². The van der Waals surface area contributed by atoms with E-state index in [1.54, 1.807) is 0 Å². The maximum absolute atomic E-state index is 11.7. The Morgan fingerprint density at radius 3 is 2.00 bits per heavy atom. The van der Waals surface area contributed by atoms with Gasteiger partial charge in [0.25, 0.3) is 0 Å². The van der Waals surface area contributed by atoms with Gasteiger partial charge in [-0.05, 0) is 13.3 Å². The zero-order chi connectivity index (χ0) is 14.0. The predicted molar refractivity (Wildman–Crippen MR) is 69.8 cm³/mol. The van der Waals surface area contributed by atoms with E-state index >= 15 is 0 Å². The second-order valence-electron chi connectivity index (χ2n) is 4.87. The topological polar surface area (TPSA) is 60.4 Å². The van der Waals surface area contributed by atoms with E-state index in [0.717, 1.165) is 19.3 Å². The number of hydrogen-bond donors (Lipinski definition) is 0. The van der Waals surface area contributed by atoms with Crippen molar-refractivity contribution in [2.24, 2.45) is 0 Å². The molecule has 0 aromatic heterocycles. The minimum atomic E-state index is -1.20. The van der Waals surface area contributed by atoms with Crippen molar-refractivity contribution in [3.05, 3.63) is 0 Å². The number of aliphatic carboxylic acids is 1. The van der Waals surface area contributed by atoms with Crippen molar-refractivity contribution in [2.45, 2.75) is 71.3 Å². The molecule has 0 radical (unpaired) electrons. The molecule has 0 heterocycles. The van der Waals surface area contributed by atoms with Crippen LogP contribution in [0.25, 0.3) is 0 Å². The van der Waals surface area contributed by atoms with Gasteiger partial charge in [0, 0.05) is 13.5 Å². The Kier molecular flexibility index (Phi) is 14.5. The molecule has 0 spiro atoms. The quantitative estimate of drug-likeness (QED) is 0.370. The van der Waals surface area contributed by atoms with Crippen LogP contribution in [0.5, 0.6) is 0 Å². The first-order chi connectivity index (χ1) is 8.50. The fourth-order valence-corrected chi connectivity index (χ4v) is 1.78. The second-order valence-corrected chi connectivity index (χ2v) is 4.87. The molecule has 1 amide bonds. The third-order valence-electron chi connectivity index (χ3n) is 3.31. The van der Waals surface area contributed by atoms with Crippen LogP contribution in [-0.4, -0.2) is 29.9 Å². The van der Waals surface area contributed by atoms with Crippen LogP contribution in [-0.2, 0) is 9.59 Å². The van der Waals surface area contributed by atoms with Crippen LogP contribution in [0.4, 0.5) is 0 Å². The Bertz CT molecular complexity index is 259. The van der Waals surface area contributed by atoms with Crippen molar-refractivity contribution in [1.29, 1.82) is 0 Å². The molecule has 19 heavy (non-hydrogen) atoms. The van der Waals surface area contributed by atoms with Gasteiger partial charge in [-0.25, -0.2) is 0 Å². The molecular weight excluding hydrogens is 253 g/mol. The van der Waals surface area contributed by atoms with E-state index in [1.165, 1.54) is 44.6 Å². The molecule has 0 aliphatic carbocycles. The molecule has 106 valence electrons. The minimum Gasteiger partial charge on any atom is -0.548 e. The zero-order valence-electron chi connectivity index (χ0n) is 12.9. The molecule has 0 rings (SSSR count). The third kappa shape index (κ3) is 10.4.